The van der Waals surface area contributed by atoms with Crippen LogP contribution in [0, 0.1) is 11.6 Å². The van der Waals surface area contributed by atoms with E-state index in [1.165, 1.54) is 11.0 Å². The van der Waals surface area contributed by atoms with E-state index in [-0.39, 0.29) is 19.0 Å². The lowest BCUT2D eigenvalue weighted by molar-refractivity contribution is -0.157. The van der Waals surface area contributed by atoms with Gasteiger partial charge in [-0.25, -0.2) is 8.78 Å². The van der Waals surface area contributed by atoms with Gasteiger partial charge in [0.05, 0.1) is 0 Å². The van der Waals surface area contributed by atoms with Crippen LogP contribution in [0.25, 0.3) is 0 Å². The molecule has 1 saturated heterocycles. The number of amides is 1. The molecule has 1 atom stereocenters. The summed E-state index contributed by atoms with van der Waals surface area (Å²) in [4.78, 5) is 14.0. The summed E-state index contributed by atoms with van der Waals surface area (Å²) in [6.07, 6.45) is 3.30. The maximum atomic E-state index is 13.3. The molecule has 0 radical (unpaired) electrons. The van der Waals surface area contributed by atoms with Crippen molar-refractivity contribution in [2.24, 2.45) is 0 Å². The molecule has 1 heterocycles. The minimum absolute atomic E-state index is 0.182. The van der Waals surface area contributed by atoms with Crippen LogP contribution in [0.5, 0.6) is 0 Å². The van der Waals surface area contributed by atoms with Crippen molar-refractivity contribution in [1.82, 2.24) is 10.2 Å². The third-order valence-electron chi connectivity index (χ3n) is 4.32. The van der Waals surface area contributed by atoms with E-state index in [4.69, 9.17) is 0 Å². The monoisotopic (exact) mass is 310 g/mol. The number of likely N-dealkylation sites (tertiary alicyclic amines) is 1. The Morgan fingerprint density at radius 3 is 2.77 bits per heavy atom. The van der Waals surface area contributed by atoms with Crippen LogP contribution < -0.4 is 5.32 Å². The van der Waals surface area contributed by atoms with Gasteiger partial charge in [0.25, 0.3) is 5.91 Å². The Morgan fingerprint density at radius 2 is 2.09 bits per heavy atom. The summed E-state index contributed by atoms with van der Waals surface area (Å²) in [5, 5.41) is 13.8. The van der Waals surface area contributed by atoms with Crippen LogP contribution in [0.4, 0.5) is 8.78 Å². The lowest BCUT2D eigenvalue weighted by Crippen LogP contribution is -2.57. The maximum Gasteiger partial charge on any atom is 0.256 e. The Labute approximate surface area is 128 Å². The van der Waals surface area contributed by atoms with Crippen LogP contribution in [0.15, 0.2) is 18.2 Å². The largest absolute Gasteiger partial charge is 0.379 e. The molecule has 0 unspecified atom stereocenters. The van der Waals surface area contributed by atoms with E-state index in [1.807, 2.05) is 0 Å². The predicted octanol–water partition coefficient (Wildman–Crippen LogP) is 1.57. The molecule has 6 heteroatoms. The normalized spacial score (nSPS) is 25.6. The molecule has 1 aromatic carbocycles. The van der Waals surface area contributed by atoms with Crippen LogP contribution in [0.2, 0.25) is 0 Å². The number of hydrogen-bond donors (Lipinski definition) is 2. The second kappa shape index (κ2) is 5.93. The molecule has 3 rings (SSSR count). The molecule has 0 spiro atoms. The number of rotatable bonds is 5. The lowest BCUT2D eigenvalue weighted by atomic mass is 9.91. The highest BCUT2D eigenvalue weighted by Gasteiger charge is 2.42. The van der Waals surface area contributed by atoms with Crippen molar-refractivity contribution < 1.29 is 18.7 Å². The second-order valence-electron chi connectivity index (χ2n) is 6.27. The quantitative estimate of drug-likeness (QED) is 0.868. The zero-order valence-electron chi connectivity index (χ0n) is 12.3. The fourth-order valence-electron chi connectivity index (χ4n) is 2.84. The van der Waals surface area contributed by atoms with Gasteiger partial charge in [0, 0.05) is 25.7 Å². The molecule has 2 aliphatic rings. The average Bonchev–Trinajstić information content (AvgIpc) is 3.30. The number of nitrogens with zero attached hydrogens (tertiary/aromatic N) is 1. The molecule has 1 aromatic rings. The van der Waals surface area contributed by atoms with Gasteiger partial charge >= 0.3 is 0 Å². The first-order chi connectivity index (χ1) is 10.5. The molecular weight excluding hydrogens is 290 g/mol. The molecule has 0 bridgehead atoms. The maximum absolute atomic E-state index is 13.3. The summed E-state index contributed by atoms with van der Waals surface area (Å²) in [5.41, 5.74) is -0.869. The van der Waals surface area contributed by atoms with E-state index in [1.54, 1.807) is 0 Å². The number of nitrogens with one attached hydrogen (secondary N) is 1. The minimum atomic E-state index is -1.39. The van der Waals surface area contributed by atoms with Crippen molar-refractivity contribution in [2.45, 2.75) is 43.9 Å². The van der Waals surface area contributed by atoms with Gasteiger partial charge in [-0.1, -0.05) is 6.07 Å². The topological polar surface area (TPSA) is 52.6 Å². The SMILES string of the molecule is O=C1N(Cc2ccc(F)c(F)c2)CCC[C@@]1(O)CNC1CC1. The van der Waals surface area contributed by atoms with Gasteiger partial charge in [-0.3, -0.25) is 4.79 Å². The van der Waals surface area contributed by atoms with Gasteiger partial charge in [0.2, 0.25) is 0 Å². The van der Waals surface area contributed by atoms with Crippen LogP contribution in [0.1, 0.15) is 31.2 Å². The third-order valence-corrected chi connectivity index (χ3v) is 4.32. The van der Waals surface area contributed by atoms with E-state index < -0.39 is 17.2 Å². The summed E-state index contributed by atoms with van der Waals surface area (Å²) < 4.78 is 26.2. The van der Waals surface area contributed by atoms with E-state index in [2.05, 4.69) is 5.32 Å². The van der Waals surface area contributed by atoms with Crippen molar-refractivity contribution in [1.29, 1.82) is 0 Å². The molecule has 1 amide bonds. The first-order valence-electron chi connectivity index (χ1n) is 7.67. The summed E-state index contributed by atoms with van der Waals surface area (Å²) >= 11 is 0. The number of carbonyl (C=O) groups is 1. The summed E-state index contributed by atoms with van der Waals surface area (Å²) in [6, 6.07) is 4.03. The smallest absolute Gasteiger partial charge is 0.256 e. The van der Waals surface area contributed by atoms with Crippen LogP contribution in [-0.4, -0.2) is 40.6 Å². The van der Waals surface area contributed by atoms with Gasteiger partial charge in [-0.15, -0.1) is 0 Å². The number of aliphatic hydroxyl groups is 1. The zero-order valence-corrected chi connectivity index (χ0v) is 12.3. The van der Waals surface area contributed by atoms with Gasteiger partial charge < -0.3 is 15.3 Å². The van der Waals surface area contributed by atoms with E-state index in [0.29, 0.717) is 31.0 Å². The van der Waals surface area contributed by atoms with Crippen molar-refractivity contribution in [3.8, 4) is 0 Å². The summed E-state index contributed by atoms with van der Waals surface area (Å²) in [6.45, 7) is 0.954. The van der Waals surface area contributed by atoms with Gasteiger partial charge in [0.1, 0.15) is 0 Å². The third kappa shape index (κ3) is 3.28. The average molecular weight is 310 g/mol. The van der Waals surface area contributed by atoms with Gasteiger partial charge in [-0.2, -0.15) is 0 Å². The van der Waals surface area contributed by atoms with E-state index in [0.717, 1.165) is 25.0 Å². The highest BCUT2D eigenvalue weighted by Crippen LogP contribution is 2.26. The highest BCUT2D eigenvalue weighted by atomic mass is 19.2. The lowest BCUT2D eigenvalue weighted by Gasteiger charge is -2.38. The molecule has 120 valence electrons. The molecule has 4 nitrogen and oxygen atoms in total. The first kappa shape index (κ1) is 15.4. The van der Waals surface area contributed by atoms with E-state index in [9.17, 15) is 18.7 Å². The Bertz CT molecular complexity index is 577. The number of halogens is 2. The van der Waals surface area contributed by atoms with Crippen molar-refractivity contribution in [3.05, 3.63) is 35.4 Å². The Morgan fingerprint density at radius 1 is 1.32 bits per heavy atom. The minimum Gasteiger partial charge on any atom is -0.379 e. The molecule has 22 heavy (non-hydrogen) atoms. The van der Waals surface area contributed by atoms with Crippen molar-refractivity contribution >= 4 is 5.91 Å². The molecule has 0 aromatic heterocycles. The Balaban J connectivity index is 1.67. The predicted molar refractivity (Wildman–Crippen MR) is 77.0 cm³/mol. The number of benzene rings is 1. The standard InChI is InChI=1S/C16H20F2N2O2/c17-13-5-2-11(8-14(13)18)9-20-7-1-6-16(22,15(20)21)10-19-12-3-4-12/h2,5,8,12,19,22H,1,3-4,6-7,9-10H2/t16-/m1/s1. The van der Waals surface area contributed by atoms with Crippen molar-refractivity contribution in [3.63, 3.8) is 0 Å². The number of hydrogen-bond acceptors (Lipinski definition) is 3. The highest BCUT2D eigenvalue weighted by molar-refractivity contribution is 5.86. The summed E-state index contributed by atoms with van der Waals surface area (Å²) in [5.74, 6) is -2.16. The molecule has 1 saturated carbocycles. The molecule has 2 fully saturated rings. The first-order valence-corrected chi connectivity index (χ1v) is 7.67. The zero-order chi connectivity index (χ0) is 15.7. The fraction of sp³-hybridized carbons (Fsp3) is 0.562. The molecule has 2 N–H and O–H groups in total. The van der Waals surface area contributed by atoms with Gasteiger partial charge in [-0.05, 0) is 43.4 Å². The number of carbonyl (C=O) groups excluding carboxylic acids is 1. The Kier molecular flexibility index (Phi) is 4.14. The second-order valence-corrected chi connectivity index (χ2v) is 6.27. The van der Waals surface area contributed by atoms with Crippen LogP contribution >= 0.6 is 0 Å². The molecule has 1 aliphatic heterocycles. The van der Waals surface area contributed by atoms with Crippen LogP contribution in [0.3, 0.4) is 0 Å². The molecule has 1 aliphatic carbocycles. The fourth-order valence-corrected chi connectivity index (χ4v) is 2.84. The van der Waals surface area contributed by atoms with E-state index >= 15 is 0 Å². The van der Waals surface area contributed by atoms with Gasteiger partial charge in [0.15, 0.2) is 17.2 Å². The number of piperidine rings is 1. The Hall–Kier alpha value is -1.53. The molecular formula is C16H20F2N2O2. The summed E-state index contributed by atoms with van der Waals surface area (Å²) in [7, 11) is 0. The van der Waals surface area contributed by atoms with Crippen molar-refractivity contribution in [2.75, 3.05) is 13.1 Å². The van der Waals surface area contributed by atoms with Crippen LogP contribution in [-0.2, 0) is 11.3 Å².